The van der Waals surface area contributed by atoms with Gasteiger partial charge in [-0.3, -0.25) is 10.1 Å². The van der Waals surface area contributed by atoms with Gasteiger partial charge in [-0.15, -0.1) is 0 Å². The molecule has 0 fully saturated rings. The number of fused-ring (bicyclic) bond motifs is 1. The van der Waals surface area contributed by atoms with Crippen LogP contribution >= 0.6 is 0 Å². The number of aromatic amines is 1. The summed E-state index contributed by atoms with van der Waals surface area (Å²) in [5.74, 6) is 0.855. The predicted molar refractivity (Wildman–Crippen MR) is 89.9 cm³/mol. The third kappa shape index (κ3) is 2.91. The van der Waals surface area contributed by atoms with Crippen LogP contribution in [0.5, 0.6) is 0 Å². The molecule has 0 unspecified atom stereocenters. The predicted octanol–water partition coefficient (Wildman–Crippen LogP) is 2.74. The van der Waals surface area contributed by atoms with Crippen molar-refractivity contribution in [3.63, 3.8) is 0 Å². The van der Waals surface area contributed by atoms with Crippen molar-refractivity contribution >= 4 is 22.8 Å². The van der Waals surface area contributed by atoms with Crippen LogP contribution in [0.15, 0.2) is 36.8 Å². The number of rotatable bonds is 4. The summed E-state index contributed by atoms with van der Waals surface area (Å²) in [5, 5.41) is 14.4. The number of H-pyrrole nitrogens is 1. The van der Waals surface area contributed by atoms with Gasteiger partial charge in [0.25, 0.3) is 0 Å². The van der Waals surface area contributed by atoms with Gasteiger partial charge in [0.15, 0.2) is 17.3 Å². The van der Waals surface area contributed by atoms with E-state index in [1.165, 1.54) is 18.3 Å². The first-order valence-electron chi connectivity index (χ1n) is 7.71. The molecule has 4 rings (SSSR count). The fraction of sp³-hybridized carbons (Fsp3) is 0.188. The summed E-state index contributed by atoms with van der Waals surface area (Å²) >= 11 is 0. The van der Waals surface area contributed by atoms with E-state index < -0.39 is 0 Å². The van der Waals surface area contributed by atoms with Gasteiger partial charge in [-0.2, -0.15) is 10.2 Å². The maximum Gasteiger partial charge on any atom is 0.179 e. The highest BCUT2D eigenvalue weighted by Gasteiger charge is 2.16. The zero-order valence-electron chi connectivity index (χ0n) is 13.6. The second-order valence-corrected chi connectivity index (χ2v) is 5.69. The van der Waals surface area contributed by atoms with E-state index in [1.54, 1.807) is 17.1 Å². The van der Waals surface area contributed by atoms with Crippen molar-refractivity contribution in [1.29, 1.82) is 0 Å². The van der Waals surface area contributed by atoms with Gasteiger partial charge in [-0.1, -0.05) is 0 Å². The molecule has 0 amide bonds. The molecule has 8 nitrogen and oxygen atoms in total. The summed E-state index contributed by atoms with van der Waals surface area (Å²) in [6, 6.07) is 4.28. The Morgan fingerprint density at radius 1 is 1.20 bits per heavy atom. The molecule has 0 aliphatic rings. The molecule has 0 aromatic carbocycles. The molecule has 0 aliphatic heterocycles. The third-order valence-electron chi connectivity index (χ3n) is 3.80. The van der Waals surface area contributed by atoms with Crippen LogP contribution in [0.1, 0.15) is 24.4 Å². The van der Waals surface area contributed by atoms with Gasteiger partial charge in [0.2, 0.25) is 0 Å². The Bertz CT molecular complexity index is 1040. The minimum atomic E-state index is -0.337. The number of hydrogen-bond donors (Lipinski definition) is 2. The molecule has 0 spiro atoms. The lowest BCUT2D eigenvalue weighted by Gasteiger charge is -2.12. The van der Waals surface area contributed by atoms with Crippen LogP contribution in [-0.2, 0) is 0 Å². The summed E-state index contributed by atoms with van der Waals surface area (Å²) in [6.07, 6.45) is 4.68. The number of aromatic nitrogens is 7. The molecule has 1 atom stereocenters. The van der Waals surface area contributed by atoms with Crippen LogP contribution in [0.25, 0.3) is 11.2 Å². The van der Waals surface area contributed by atoms with Gasteiger partial charge in [-0.05, 0) is 26.0 Å². The average Bonchev–Trinajstić information content (AvgIpc) is 3.20. The summed E-state index contributed by atoms with van der Waals surface area (Å²) in [6.45, 7) is 3.79. The van der Waals surface area contributed by atoms with E-state index in [0.29, 0.717) is 28.5 Å². The molecule has 4 aromatic rings. The second-order valence-electron chi connectivity index (χ2n) is 5.69. The van der Waals surface area contributed by atoms with Gasteiger partial charge in [-0.25, -0.2) is 19.0 Å². The molecule has 126 valence electrons. The van der Waals surface area contributed by atoms with Crippen molar-refractivity contribution in [2.24, 2.45) is 0 Å². The lowest BCUT2D eigenvalue weighted by atomic mass is 10.2. The molecule has 0 radical (unpaired) electrons. The largest absolute Gasteiger partial charge is 0.322 e. The summed E-state index contributed by atoms with van der Waals surface area (Å²) in [5.41, 5.74) is 2.73. The average molecular weight is 338 g/mol. The highest BCUT2D eigenvalue weighted by molar-refractivity contribution is 5.72. The molecule has 4 heterocycles. The van der Waals surface area contributed by atoms with Crippen molar-refractivity contribution in [2.45, 2.75) is 19.9 Å². The van der Waals surface area contributed by atoms with Crippen molar-refractivity contribution in [3.05, 3.63) is 54.0 Å². The number of hydrogen-bond acceptors (Lipinski definition) is 6. The third-order valence-corrected chi connectivity index (χ3v) is 3.80. The Morgan fingerprint density at radius 3 is 2.84 bits per heavy atom. The fourth-order valence-corrected chi connectivity index (χ4v) is 2.55. The second kappa shape index (κ2) is 5.93. The summed E-state index contributed by atoms with van der Waals surface area (Å²) in [7, 11) is 0. The van der Waals surface area contributed by atoms with Gasteiger partial charge in [0.1, 0.15) is 11.3 Å². The molecule has 0 aliphatic carbocycles. The van der Waals surface area contributed by atoms with E-state index in [1.807, 2.05) is 19.9 Å². The maximum absolute atomic E-state index is 13.5. The Labute approximate surface area is 142 Å². The molecule has 9 heteroatoms. The van der Waals surface area contributed by atoms with Crippen LogP contribution < -0.4 is 5.32 Å². The zero-order valence-corrected chi connectivity index (χ0v) is 13.6. The molecule has 4 aromatic heterocycles. The van der Waals surface area contributed by atoms with E-state index in [2.05, 4.69) is 35.6 Å². The first kappa shape index (κ1) is 15.2. The van der Waals surface area contributed by atoms with Crippen molar-refractivity contribution in [3.8, 4) is 0 Å². The first-order chi connectivity index (χ1) is 12.1. The molecule has 0 saturated carbocycles. The molecule has 2 N–H and O–H groups in total. The molecular weight excluding hydrogens is 323 g/mol. The van der Waals surface area contributed by atoms with Crippen LogP contribution in [0.2, 0.25) is 0 Å². The van der Waals surface area contributed by atoms with Crippen LogP contribution in [0.3, 0.4) is 0 Å². The molecule has 0 bridgehead atoms. The highest BCUT2D eigenvalue weighted by atomic mass is 19.1. The summed E-state index contributed by atoms with van der Waals surface area (Å²) in [4.78, 5) is 13.1. The number of anilines is 2. The first-order valence-corrected chi connectivity index (χ1v) is 7.71. The maximum atomic E-state index is 13.5. The summed E-state index contributed by atoms with van der Waals surface area (Å²) < 4.78 is 15.1. The highest BCUT2D eigenvalue weighted by Crippen LogP contribution is 2.22. The number of pyridine rings is 1. The topological polar surface area (TPSA) is 97.2 Å². The standard InChI is InChI=1S/C16H15FN8/c1-9-5-14(24-23-9)21-15-8-19-13-7-20-25(16(13)22-15)10(2)12-6-11(17)3-4-18-12/h3-8,10H,1-2H3,(H2,21,22,23,24)/t10-/m0/s1. The Morgan fingerprint density at radius 2 is 2.08 bits per heavy atom. The fourth-order valence-electron chi connectivity index (χ4n) is 2.55. The Balaban J connectivity index is 1.71. The number of halogens is 1. The van der Waals surface area contributed by atoms with Gasteiger partial charge in [0, 0.05) is 18.0 Å². The van der Waals surface area contributed by atoms with Gasteiger partial charge in [0.05, 0.1) is 24.1 Å². The normalized spacial score (nSPS) is 12.4. The molecular formula is C16H15FN8. The van der Waals surface area contributed by atoms with E-state index in [-0.39, 0.29) is 11.9 Å². The van der Waals surface area contributed by atoms with Crippen LogP contribution in [0.4, 0.5) is 16.0 Å². The van der Waals surface area contributed by atoms with Crippen molar-refractivity contribution in [1.82, 2.24) is 34.9 Å². The number of aryl methyl sites for hydroxylation is 1. The lowest BCUT2D eigenvalue weighted by molar-refractivity contribution is 0.554. The quantitative estimate of drug-likeness (QED) is 0.594. The Kier molecular flexibility index (Phi) is 3.60. The number of nitrogens with zero attached hydrogens (tertiary/aromatic N) is 6. The van der Waals surface area contributed by atoms with Gasteiger partial charge < -0.3 is 5.32 Å². The number of nitrogens with one attached hydrogen (secondary N) is 2. The smallest absolute Gasteiger partial charge is 0.179 e. The van der Waals surface area contributed by atoms with Crippen LogP contribution in [-0.4, -0.2) is 34.9 Å². The van der Waals surface area contributed by atoms with E-state index >= 15 is 0 Å². The Hall–Kier alpha value is -3.36. The van der Waals surface area contributed by atoms with Crippen LogP contribution in [0, 0.1) is 12.7 Å². The minimum absolute atomic E-state index is 0.287. The molecule has 25 heavy (non-hydrogen) atoms. The molecule has 0 saturated heterocycles. The monoisotopic (exact) mass is 338 g/mol. The zero-order chi connectivity index (χ0) is 17.4. The van der Waals surface area contributed by atoms with Gasteiger partial charge >= 0.3 is 0 Å². The minimum Gasteiger partial charge on any atom is -0.322 e. The van der Waals surface area contributed by atoms with E-state index in [0.717, 1.165) is 5.69 Å². The lowest BCUT2D eigenvalue weighted by Crippen LogP contribution is -2.11. The van der Waals surface area contributed by atoms with E-state index in [4.69, 9.17) is 0 Å². The SMILES string of the molecule is Cc1cc(Nc2cnc3cnn([C@@H](C)c4cc(F)ccn4)c3n2)n[nH]1. The van der Waals surface area contributed by atoms with E-state index in [9.17, 15) is 4.39 Å². The van der Waals surface area contributed by atoms with Crippen molar-refractivity contribution < 1.29 is 4.39 Å². The van der Waals surface area contributed by atoms with Crippen molar-refractivity contribution in [2.75, 3.05) is 5.32 Å².